The Morgan fingerprint density at radius 1 is 1.04 bits per heavy atom. The van der Waals surface area contributed by atoms with Crippen LogP contribution in [0.3, 0.4) is 0 Å². The molecule has 1 aromatic heterocycles. The number of benzene rings is 2. The van der Waals surface area contributed by atoms with Gasteiger partial charge in [-0.15, -0.1) is 12.4 Å². The van der Waals surface area contributed by atoms with Gasteiger partial charge in [-0.2, -0.15) is 13.2 Å². The molecule has 3 rings (SSSR count). The monoisotopic (exact) mass is 381 g/mol. The van der Waals surface area contributed by atoms with Crippen LogP contribution in [0.1, 0.15) is 11.1 Å². The Morgan fingerprint density at radius 2 is 1.69 bits per heavy atom. The van der Waals surface area contributed by atoms with Crippen molar-refractivity contribution < 1.29 is 17.9 Å². The number of hydrogen-bond donors (Lipinski definition) is 0. The Balaban J connectivity index is 0.00000243. The molecule has 7 heteroatoms. The first-order valence-electron chi connectivity index (χ1n) is 7.47. The lowest BCUT2D eigenvalue weighted by atomic mass is 10.0. The van der Waals surface area contributed by atoms with Crippen LogP contribution in [0.15, 0.2) is 53.3 Å². The van der Waals surface area contributed by atoms with Gasteiger partial charge >= 0.3 is 6.18 Å². The third kappa shape index (κ3) is 3.65. The van der Waals surface area contributed by atoms with Crippen molar-refractivity contribution in [2.45, 2.75) is 13.1 Å². The van der Waals surface area contributed by atoms with E-state index < -0.39 is 17.3 Å². The van der Waals surface area contributed by atoms with E-state index in [-0.39, 0.29) is 28.9 Å². The summed E-state index contributed by atoms with van der Waals surface area (Å²) in [4.78, 5) is 16.1. The van der Waals surface area contributed by atoms with E-state index in [1.807, 2.05) is 0 Å². The van der Waals surface area contributed by atoms with Crippen LogP contribution in [-0.2, 0) is 6.18 Å². The highest BCUT2D eigenvalue weighted by molar-refractivity contribution is 5.87. The van der Waals surface area contributed by atoms with Gasteiger partial charge in [0.25, 0.3) is 5.56 Å². The van der Waals surface area contributed by atoms with Crippen molar-refractivity contribution in [2.24, 2.45) is 0 Å². The molecule has 0 unspecified atom stereocenters. The summed E-state index contributed by atoms with van der Waals surface area (Å²) < 4.78 is 45.1. The average Bonchev–Trinajstić information content (AvgIpc) is 2.71. The van der Waals surface area contributed by atoms with Crippen molar-refractivity contribution in [3.63, 3.8) is 0 Å². The number of nitrogens with zero attached hydrogens (tertiary/aromatic N) is 1. The third-order valence-corrected chi connectivity index (χ3v) is 4.03. The molecule has 0 aliphatic heterocycles. The molecule has 2 aromatic carbocycles. The van der Waals surface area contributed by atoms with Crippen LogP contribution in [-0.4, -0.2) is 12.1 Å². The molecular formula is C19H15ClF3NO2. The van der Waals surface area contributed by atoms with Crippen LogP contribution in [0, 0.1) is 6.92 Å². The maximum Gasteiger partial charge on any atom is 0.417 e. The second-order valence-corrected chi connectivity index (χ2v) is 5.56. The molecule has 0 saturated carbocycles. The summed E-state index contributed by atoms with van der Waals surface area (Å²) in [5.41, 5.74) is -0.0434. The second kappa shape index (κ2) is 7.33. The van der Waals surface area contributed by atoms with Crippen LogP contribution in [0.25, 0.3) is 22.0 Å². The van der Waals surface area contributed by atoms with Crippen LogP contribution in [0.4, 0.5) is 13.2 Å². The fourth-order valence-electron chi connectivity index (χ4n) is 2.68. The van der Waals surface area contributed by atoms with Crippen LogP contribution in [0.2, 0.25) is 0 Å². The topological polar surface area (TPSA) is 39.2 Å². The van der Waals surface area contributed by atoms with Gasteiger partial charge < -0.3 is 4.74 Å². The summed E-state index contributed by atoms with van der Waals surface area (Å²) >= 11 is 0. The normalized spacial score (nSPS) is 11.1. The second-order valence-electron chi connectivity index (χ2n) is 5.56. The first-order valence-corrected chi connectivity index (χ1v) is 7.47. The predicted molar refractivity (Wildman–Crippen MR) is 97.0 cm³/mol. The number of ether oxygens (including phenoxy) is 1. The molecule has 0 aliphatic rings. The van der Waals surface area contributed by atoms with Gasteiger partial charge in [-0.25, -0.2) is 4.98 Å². The molecule has 0 fully saturated rings. The zero-order valence-corrected chi connectivity index (χ0v) is 14.7. The zero-order valence-electron chi connectivity index (χ0n) is 13.9. The molecule has 0 atom stereocenters. The number of fused-ring (bicyclic) bond motifs is 1. The standard InChI is InChI=1S/C19H14F3NO2.ClH/c1-11-14(12-6-8-13(25-2)9-7-12)10-15-16(19(20,21)22)4-3-5-17(15)23-18(11)24;/h3-10H,1-2H3;1H. The third-order valence-electron chi connectivity index (χ3n) is 4.03. The molecule has 0 aliphatic carbocycles. The van der Waals surface area contributed by atoms with Gasteiger partial charge in [0.2, 0.25) is 0 Å². The maximum atomic E-state index is 13.4. The maximum absolute atomic E-state index is 13.4. The minimum Gasteiger partial charge on any atom is -0.497 e. The van der Waals surface area contributed by atoms with Gasteiger partial charge in [0.15, 0.2) is 0 Å². The van der Waals surface area contributed by atoms with E-state index in [2.05, 4.69) is 4.98 Å². The van der Waals surface area contributed by atoms with E-state index in [0.717, 1.165) is 6.07 Å². The van der Waals surface area contributed by atoms with Gasteiger partial charge in [0.1, 0.15) is 5.75 Å². The molecule has 3 aromatic rings. The van der Waals surface area contributed by atoms with Gasteiger partial charge in [0.05, 0.1) is 18.2 Å². The van der Waals surface area contributed by atoms with Crippen LogP contribution < -0.4 is 10.3 Å². The minimum atomic E-state index is -4.54. The van der Waals surface area contributed by atoms with Crippen LogP contribution >= 0.6 is 12.4 Å². The van der Waals surface area contributed by atoms with Crippen molar-refractivity contribution in [2.75, 3.05) is 7.11 Å². The molecule has 0 radical (unpaired) electrons. The number of rotatable bonds is 2. The smallest absolute Gasteiger partial charge is 0.417 e. The fourth-order valence-corrected chi connectivity index (χ4v) is 2.68. The van der Waals surface area contributed by atoms with E-state index in [1.54, 1.807) is 31.2 Å². The summed E-state index contributed by atoms with van der Waals surface area (Å²) in [5, 5.41) is -0.106. The number of halogens is 4. The SMILES string of the molecule is COc1ccc(-c2cc3c(C(F)(F)F)cccc3nc(=O)c2C)cc1.Cl. The van der Waals surface area contributed by atoms with Gasteiger partial charge in [-0.05, 0) is 48.4 Å². The van der Waals surface area contributed by atoms with E-state index in [4.69, 9.17) is 4.74 Å². The summed E-state index contributed by atoms with van der Waals surface area (Å²) in [6.07, 6.45) is -4.54. The lowest BCUT2D eigenvalue weighted by Gasteiger charge is -2.09. The summed E-state index contributed by atoms with van der Waals surface area (Å²) in [7, 11) is 1.52. The van der Waals surface area contributed by atoms with E-state index in [9.17, 15) is 18.0 Å². The number of methoxy groups -OCH3 is 1. The lowest BCUT2D eigenvalue weighted by molar-refractivity contribution is -0.136. The Bertz CT molecular complexity index is 1000. The summed E-state index contributed by atoms with van der Waals surface area (Å²) in [5.74, 6) is 0.614. The molecule has 26 heavy (non-hydrogen) atoms. The lowest BCUT2D eigenvalue weighted by Crippen LogP contribution is -2.07. The zero-order chi connectivity index (χ0) is 18.2. The summed E-state index contributed by atoms with van der Waals surface area (Å²) in [6.45, 7) is 1.56. The van der Waals surface area contributed by atoms with Crippen LogP contribution in [0.5, 0.6) is 5.75 Å². The Morgan fingerprint density at radius 3 is 2.27 bits per heavy atom. The first-order chi connectivity index (χ1) is 11.8. The van der Waals surface area contributed by atoms with Gasteiger partial charge in [0, 0.05) is 10.9 Å². The predicted octanol–water partition coefficient (Wildman–Crippen LogP) is 5.02. The van der Waals surface area contributed by atoms with Crippen molar-refractivity contribution in [1.82, 2.24) is 4.98 Å². The molecule has 136 valence electrons. The van der Waals surface area contributed by atoms with E-state index >= 15 is 0 Å². The largest absolute Gasteiger partial charge is 0.497 e. The molecule has 0 bridgehead atoms. The minimum absolute atomic E-state index is 0. The van der Waals surface area contributed by atoms with Crippen molar-refractivity contribution >= 4 is 23.3 Å². The van der Waals surface area contributed by atoms with Gasteiger partial charge in [-0.3, -0.25) is 4.79 Å². The highest BCUT2D eigenvalue weighted by Gasteiger charge is 2.32. The Hall–Kier alpha value is -2.60. The molecule has 0 saturated heterocycles. The first kappa shape index (κ1) is 19.7. The molecule has 0 amide bonds. The average molecular weight is 382 g/mol. The molecule has 3 nitrogen and oxygen atoms in total. The molecule has 0 spiro atoms. The summed E-state index contributed by atoms with van der Waals surface area (Å²) in [6, 6.07) is 11.8. The number of hydrogen-bond acceptors (Lipinski definition) is 3. The highest BCUT2D eigenvalue weighted by atomic mass is 35.5. The fraction of sp³-hybridized carbons (Fsp3) is 0.158. The van der Waals surface area contributed by atoms with Crippen molar-refractivity contribution in [1.29, 1.82) is 0 Å². The Kier molecular flexibility index (Phi) is 5.56. The van der Waals surface area contributed by atoms with Crippen molar-refractivity contribution in [3.05, 3.63) is 70.0 Å². The van der Waals surface area contributed by atoms with Crippen molar-refractivity contribution in [3.8, 4) is 16.9 Å². The Labute approximate surface area is 153 Å². The molecule has 1 heterocycles. The van der Waals surface area contributed by atoms with E-state index in [1.165, 1.54) is 25.3 Å². The number of alkyl halides is 3. The highest BCUT2D eigenvalue weighted by Crippen LogP contribution is 2.35. The van der Waals surface area contributed by atoms with Gasteiger partial charge in [-0.1, -0.05) is 18.2 Å². The number of aromatic nitrogens is 1. The quantitative estimate of drug-likeness (QED) is 0.625. The molecule has 0 N–H and O–H groups in total. The molecular weight excluding hydrogens is 367 g/mol. The van der Waals surface area contributed by atoms with E-state index in [0.29, 0.717) is 16.9 Å².